The second-order valence-corrected chi connectivity index (χ2v) is 6.19. The van der Waals surface area contributed by atoms with Crippen molar-refractivity contribution in [1.82, 2.24) is 14.8 Å². The normalized spacial score (nSPS) is 11.1. The van der Waals surface area contributed by atoms with Gasteiger partial charge in [-0.25, -0.2) is 4.98 Å². The molecule has 0 spiro atoms. The van der Waals surface area contributed by atoms with Gasteiger partial charge in [0.25, 0.3) is 0 Å². The van der Waals surface area contributed by atoms with Crippen molar-refractivity contribution in [3.63, 3.8) is 0 Å². The lowest BCUT2D eigenvalue weighted by molar-refractivity contribution is -0.133. The van der Waals surface area contributed by atoms with Crippen molar-refractivity contribution in [1.29, 1.82) is 0 Å². The highest BCUT2D eigenvalue weighted by atomic mass is 32.2. The summed E-state index contributed by atoms with van der Waals surface area (Å²) < 4.78 is 2.80. The van der Waals surface area contributed by atoms with E-state index in [-0.39, 0.29) is 5.75 Å². The van der Waals surface area contributed by atoms with Crippen LogP contribution >= 0.6 is 23.1 Å². The Morgan fingerprint density at radius 1 is 1.45 bits per heavy atom. The fourth-order valence-corrected chi connectivity index (χ4v) is 3.57. The predicted molar refractivity (Wildman–Crippen MR) is 79.8 cm³/mol. The number of para-hydroxylation sites is 1. The standard InChI is InChI=1S/C13H11N3O2S2/c1-8-6-11(19-7-12(17)18)16(15-8)13-14-9-4-2-3-5-10(9)20-13/h2-6H,7H2,1H3,(H,17,18). The molecule has 0 radical (unpaired) electrons. The zero-order valence-electron chi connectivity index (χ0n) is 10.6. The molecule has 0 saturated heterocycles. The Morgan fingerprint density at radius 2 is 2.25 bits per heavy atom. The number of fused-ring (bicyclic) bond motifs is 1. The average Bonchev–Trinajstić information content (AvgIpc) is 2.99. The Labute approximate surface area is 123 Å². The molecule has 2 aromatic heterocycles. The van der Waals surface area contributed by atoms with Gasteiger partial charge in [-0.3, -0.25) is 4.79 Å². The minimum Gasteiger partial charge on any atom is -0.481 e. The van der Waals surface area contributed by atoms with Crippen molar-refractivity contribution in [3.8, 4) is 5.13 Å². The molecule has 0 aliphatic rings. The number of benzene rings is 1. The Kier molecular flexibility index (Phi) is 3.45. The number of aryl methyl sites for hydroxylation is 1. The van der Waals surface area contributed by atoms with Crippen LogP contribution in [-0.4, -0.2) is 31.6 Å². The molecule has 0 fully saturated rings. The summed E-state index contributed by atoms with van der Waals surface area (Å²) in [6.45, 7) is 1.88. The first-order valence-electron chi connectivity index (χ1n) is 5.91. The first kappa shape index (κ1) is 13.1. The topological polar surface area (TPSA) is 68.0 Å². The van der Waals surface area contributed by atoms with E-state index < -0.39 is 5.97 Å². The van der Waals surface area contributed by atoms with E-state index in [1.54, 1.807) is 16.0 Å². The molecule has 5 nitrogen and oxygen atoms in total. The summed E-state index contributed by atoms with van der Waals surface area (Å²) in [6.07, 6.45) is 0. The minimum absolute atomic E-state index is 0.00995. The van der Waals surface area contributed by atoms with Crippen LogP contribution in [-0.2, 0) is 4.79 Å². The first-order chi connectivity index (χ1) is 9.63. The summed E-state index contributed by atoms with van der Waals surface area (Å²) in [5.41, 5.74) is 1.77. The van der Waals surface area contributed by atoms with Crippen molar-refractivity contribution in [2.45, 2.75) is 11.9 Å². The monoisotopic (exact) mass is 305 g/mol. The third-order valence-electron chi connectivity index (χ3n) is 2.61. The Bertz CT molecular complexity index is 746. The van der Waals surface area contributed by atoms with Crippen molar-refractivity contribution in [2.24, 2.45) is 0 Å². The zero-order valence-corrected chi connectivity index (χ0v) is 12.2. The molecule has 0 amide bonds. The highest BCUT2D eigenvalue weighted by Crippen LogP contribution is 2.28. The minimum atomic E-state index is -0.843. The van der Waals surface area contributed by atoms with E-state index in [1.807, 2.05) is 37.3 Å². The number of aliphatic carboxylic acids is 1. The van der Waals surface area contributed by atoms with Gasteiger partial charge in [0.15, 0.2) is 0 Å². The van der Waals surface area contributed by atoms with E-state index in [1.165, 1.54) is 11.8 Å². The molecule has 20 heavy (non-hydrogen) atoms. The fraction of sp³-hybridized carbons (Fsp3) is 0.154. The van der Waals surface area contributed by atoms with Crippen LogP contribution in [0.1, 0.15) is 5.69 Å². The Hall–Kier alpha value is -1.86. The lowest BCUT2D eigenvalue weighted by Crippen LogP contribution is -2.02. The fourth-order valence-electron chi connectivity index (χ4n) is 1.80. The molecule has 0 atom stereocenters. The third-order valence-corrected chi connectivity index (χ3v) is 4.60. The smallest absolute Gasteiger partial charge is 0.313 e. The molecule has 3 rings (SSSR count). The zero-order chi connectivity index (χ0) is 14.1. The number of carboxylic acids is 1. The Morgan fingerprint density at radius 3 is 3.00 bits per heavy atom. The van der Waals surface area contributed by atoms with E-state index in [2.05, 4.69) is 10.1 Å². The molecule has 102 valence electrons. The van der Waals surface area contributed by atoms with Gasteiger partial charge >= 0.3 is 5.97 Å². The van der Waals surface area contributed by atoms with Crippen LogP contribution in [0, 0.1) is 6.92 Å². The molecule has 1 N–H and O–H groups in total. The van der Waals surface area contributed by atoms with E-state index in [0.29, 0.717) is 0 Å². The van der Waals surface area contributed by atoms with Crippen LogP contribution < -0.4 is 0 Å². The van der Waals surface area contributed by atoms with Gasteiger partial charge in [0.2, 0.25) is 5.13 Å². The van der Waals surface area contributed by atoms with Crippen LogP contribution in [0.15, 0.2) is 35.4 Å². The molecule has 0 aliphatic carbocycles. The SMILES string of the molecule is Cc1cc(SCC(=O)O)n(-c2nc3ccccc3s2)n1. The molecule has 0 bridgehead atoms. The lowest BCUT2D eigenvalue weighted by atomic mass is 10.3. The second kappa shape index (κ2) is 5.26. The number of carbonyl (C=O) groups is 1. The van der Waals surface area contributed by atoms with Crippen LogP contribution in [0.3, 0.4) is 0 Å². The maximum atomic E-state index is 10.7. The number of aromatic nitrogens is 3. The summed E-state index contributed by atoms with van der Waals surface area (Å²) in [5.74, 6) is -0.833. The molecule has 0 aliphatic heterocycles. The van der Waals surface area contributed by atoms with E-state index >= 15 is 0 Å². The molecule has 3 aromatic rings. The van der Waals surface area contributed by atoms with Crippen molar-refractivity contribution >= 4 is 39.3 Å². The van der Waals surface area contributed by atoms with E-state index in [9.17, 15) is 4.79 Å². The van der Waals surface area contributed by atoms with Crippen LogP contribution in [0.25, 0.3) is 15.3 Å². The molecule has 0 unspecified atom stereocenters. The number of hydrogen-bond donors (Lipinski definition) is 1. The lowest BCUT2D eigenvalue weighted by Gasteiger charge is -2.01. The van der Waals surface area contributed by atoms with E-state index in [0.717, 1.165) is 26.1 Å². The predicted octanol–water partition coefficient (Wildman–Crippen LogP) is 2.97. The number of thioether (sulfide) groups is 1. The number of thiazole rings is 1. The summed E-state index contributed by atoms with van der Waals surface area (Å²) in [7, 11) is 0. The van der Waals surface area contributed by atoms with Crippen molar-refractivity contribution in [3.05, 3.63) is 36.0 Å². The largest absolute Gasteiger partial charge is 0.481 e. The first-order valence-corrected chi connectivity index (χ1v) is 7.71. The van der Waals surface area contributed by atoms with E-state index in [4.69, 9.17) is 5.11 Å². The number of rotatable bonds is 4. The van der Waals surface area contributed by atoms with Gasteiger partial charge in [0.05, 0.1) is 21.7 Å². The average molecular weight is 305 g/mol. The van der Waals surface area contributed by atoms with Crippen LogP contribution in [0.5, 0.6) is 0 Å². The molecule has 7 heteroatoms. The molecular weight excluding hydrogens is 294 g/mol. The van der Waals surface area contributed by atoms with Gasteiger partial charge in [-0.05, 0) is 25.1 Å². The van der Waals surface area contributed by atoms with Crippen molar-refractivity contribution in [2.75, 3.05) is 5.75 Å². The molecule has 1 aromatic carbocycles. The summed E-state index contributed by atoms with van der Waals surface area (Å²) in [4.78, 5) is 15.2. The highest BCUT2D eigenvalue weighted by Gasteiger charge is 2.13. The maximum Gasteiger partial charge on any atom is 0.313 e. The number of hydrogen-bond acceptors (Lipinski definition) is 5. The maximum absolute atomic E-state index is 10.7. The van der Waals surface area contributed by atoms with Gasteiger partial charge in [-0.15, -0.1) is 0 Å². The summed E-state index contributed by atoms with van der Waals surface area (Å²) >= 11 is 2.79. The summed E-state index contributed by atoms with van der Waals surface area (Å²) in [5, 5.41) is 14.8. The highest BCUT2D eigenvalue weighted by molar-refractivity contribution is 7.99. The number of nitrogens with zero attached hydrogens (tertiary/aromatic N) is 3. The molecule has 2 heterocycles. The van der Waals surface area contributed by atoms with Gasteiger partial charge < -0.3 is 5.11 Å². The number of carboxylic acid groups (broad SMARTS) is 1. The van der Waals surface area contributed by atoms with Crippen LogP contribution in [0.4, 0.5) is 0 Å². The van der Waals surface area contributed by atoms with Gasteiger partial charge in [0.1, 0.15) is 5.03 Å². The van der Waals surface area contributed by atoms with Crippen molar-refractivity contribution < 1.29 is 9.90 Å². The summed E-state index contributed by atoms with van der Waals surface area (Å²) in [6, 6.07) is 9.76. The van der Waals surface area contributed by atoms with Gasteiger partial charge in [0, 0.05) is 0 Å². The van der Waals surface area contributed by atoms with Gasteiger partial charge in [-0.1, -0.05) is 35.2 Å². The Balaban J connectivity index is 2.02. The second-order valence-electron chi connectivity index (χ2n) is 4.18. The van der Waals surface area contributed by atoms with Crippen LogP contribution in [0.2, 0.25) is 0 Å². The molecule has 0 saturated carbocycles. The third kappa shape index (κ3) is 2.54. The molecular formula is C13H11N3O2S2. The van der Waals surface area contributed by atoms with Gasteiger partial charge in [-0.2, -0.15) is 9.78 Å². The quantitative estimate of drug-likeness (QED) is 0.751.